The first kappa shape index (κ1) is 65.9. The van der Waals surface area contributed by atoms with E-state index in [1.165, 1.54) is 13.8 Å². The molecular formula is C54H96N6O17. The lowest BCUT2D eigenvalue weighted by Crippen LogP contribution is -2.64. The summed E-state index contributed by atoms with van der Waals surface area (Å²) in [5.41, 5.74) is 0.417. The third-order valence-electron chi connectivity index (χ3n) is 15.1. The van der Waals surface area contributed by atoms with Gasteiger partial charge in [0.1, 0.15) is 54.7 Å². The second kappa shape index (κ2) is 31.4. The van der Waals surface area contributed by atoms with Crippen LogP contribution in [0.1, 0.15) is 164 Å². The van der Waals surface area contributed by atoms with Gasteiger partial charge in [-0.25, -0.2) is 0 Å². The molecule has 6 amide bonds. The quantitative estimate of drug-likeness (QED) is 0.0377. The molecule has 11 atom stereocenters. The van der Waals surface area contributed by atoms with E-state index in [4.69, 9.17) is 23.7 Å². The Morgan fingerprint density at radius 2 is 1.05 bits per heavy atom. The second-order valence-corrected chi connectivity index (χ2v) is 23.8. The predicted octanol–water partition coefficient (Wildman–Crippen LogP) is 0.604. The van der Waals surface area contributed by atoms with Gasteiger partial charge in [0.05, 0.1) is 25.4 Å². The Morgan fingerprint density at radius 3 is 1.53 bits per heavy atom. The molecule has 444 valence electrons. The van der Waals surface area contributed by atoms with Crippen LogP contribution in [-0.4, -0.2) is 192 Å². The molecule has 10 unspecified atom stereocenters. The third-order valence-corrected chi connectivity index (χ3v) is 15.1. The molecule has 2 saturated carbocycles. The van der Waals surface area contributed by atoms with Gasteiger partial charge < -0.3 is 86.2 Å². The molecule has 12 N–H and O–H groups in total. The maximum absolute atomic E-state index is 13.5. The summed E-state index contributed by atoms with van der Waals surface area (Å²) in [6, 6.07) is -2.91. The van der Waals surface area contributed by atoms with Gasteiger partial charge in [-0.1, -0.05) is 53.9 Å². The van der Waals surface area contributed by atoms with Crippen LogP contribution in [0.25, 0.3) is 0 Å². The minimum absolute atomic E-state index is 0.00505. The van der Waals surface area contributed by atoms with E-state index in [1.807, 2.05) is 0 Å². The summed E-state index contributed by atoms with van der Waals surface area (Å²) in [7, 11) is 0. The van der Waals surface area contributed by atoms with Crippen molar-refractivity contribution in [2.75, 3.05) is 52.7 Å². The highest BCUT2D eigenvalue weighted by Crippen LogP contribution is 2.80. The Hall–Kier alpha value is -3.62. The summed E-state index contributed by atoms with van der Waals surface area (Å²) in [6.07, 6.45) is 0.648. The summed E-state index contributed by atoms with van der Waals surface area (Å²) in [4.78, 5) is 75.5. The highest BCUT2D eigenvalue weighted by atomic mass is 16.7. The fourth-order valence-corrected chi connectivity index (χ4v) is 10.6. The molecule has 4 aliphatic rings. The standard InChI is InChI=1S/C54H96N6O17/c1-34(63)58-42-46(70)44(68)37(27-61)76-49(42)73-25-17-9-12-20-39(65)55-23-16-14-19-36(60-41(67)22-13-10-18-26-74-50-43(59-35(2)64)47(71)45(69)38(28-62)77-50)48(72)56-24-15-8-11-21-40(66)57-32-51(3,4)29-52(5,6)33-75-54-30-53(54,7)31-54/h36-38,42-47,49-50,61-62,68-71H,8-33H2,1-7H3,(H,55,65)(H,56,72)(H,57,66)(H,58,63)(H,59,64)(H,60,67)/t36-,37?,38?,42?,43?,44?,45?,46?,47?,49?,50?,53?,54?/m0/s1. The molecule has 0 spiro atoms. The van der Waals surface area contributed by atoms with Crippen molar-refractivity contribution < 1.29 is 83.1 Å². The maximum Gasteiger partial charge on any atom is 0.242 e. The Labute approximate surface area is 455 Å². The van der Waals surface area contributed by atoms with Crippen molar-refractivity contribution in [1.29, 1.82) is 0 Å². The number of hydrogen-bond acceptors (Lipinski definition) is 17. The molecule has 0 aromatic carbocycles. The van der Waals surface area contributed by atoms with Crippen LogP contribution in [0.2, 0.25) is 0 Å². The van der Waals surface area contributed by atoms with E-state index in [-0.39, 0.29) is 66.1 Å². The van der Waals surface area contributed by atoms with Crippen LogP contribution in [0.5, 0.6) is 0 Å². The van der Waals surface area contributed by atoms with E-state index >= 15 is 0 Å². The van der Waals surface area contributed by atoms with Crippen LogP contribution in [0, 0.1) is 16.2 Å². The first-order chi connectivity index (χ1) is 36.3. The zero-order valence-corrected chi connectivity index (χ0v) is 46.9. The summed E-state index contributed by atoms with van der Waals surface area (Å²) in [6.45, 7) is 14.8. The number of aliphatic hydroxyl groups is 6. The van der Waals surface area contributed by atoms with Gasteiger partial charge in [0.2, 0.25) is 35.4 Å². The minimum Gasteiger partial charge on any atom is -0.394 e. The molecule has 23 nitrogen and oxygen atoms in total. The molecular weight excluding hydrogens is 1000 g/mol. The van der Waals surface area contributed by atoms with Crippen molar-refractivity contribution >= 4 is 35.4 Å². The lowest BCUT2D eigenvalue weighted by atomic mass is 9.75. The number of rotatable bonds is 38. The number of ether oxygens (including phenoxy) is 5. The zero-order valence-electron chi connectivity index (χ0n) is 46.9. The Morgan fingerprint density at radius 1 is 0.597 bits per heavy atom. The van der Waals surface area contributed by atoms with Crippen LogP contribution in [0.15, 0.2) is 0 Å². The van der Waals surface area contributed by atoms with E-state index in [9.17, 15) is 59.4 Å². The van der Waals surface area contributed by atoms with Crippen LogP contribution in [-0.2, 0) is 52.5 Å². The molecule has 2 aliphatic heterocycles. The van der Waals surface area contributed by atoms with Gasteiger partial charge >= 0.3 is 0 Å². The van der Waals surface area contributed by atoms with Crippen molar-refractivity contribution in [3.63, 3.8) is 0 Å². The molecule has 2 heterocycles. The van der Waals surface area contributed by atoms with Crippen LogP contribution in [0.3, 0.4) is 0 Å². The van der Waals surface area contributed by atoms with Crippen LogP contribution < -0.4 is 31.9 Å². The van der Waals surface area contributed by atoms with Crippen molar-refractivity contribution in [2.45, 2.75) is 237 Å². The van der Waals surface area contributed by atoms with Gasteiger partial charge in [-0.2, -0.15) is 0 Å². The Balaban J connectivity index is 1.14. The van der Waals surface area contributed by atoms with E-state index in [0.717, 1.165) is 25.7 Å². The summed E-state index contributed by atoms with van der Waals surface area (Å²) < 4.78 is 29.0. The van der Waals surface area contributed by atoms with Gasteiger partial charge in [-0.15, -0.1) is 0 Å². The molecule has 4 rings (SSSR count). The van der Waals surface area contributed by atoms with Crippen LogP contribution >= 0.6 is 0 Å². The molecule has 0 aromatic rings. The summed E-state index contributed by atoms with van der Waals surface area (Å²) in [5, 5.41) is 77.4. The smallest absolute Gasteiger partial charge is 0.242 e. The van der Waals surface area contributed by atoms with Gasteiger partial charge in [0, 0.05) is 71.4 Å². The predicted molar refractivity (Wildman–Crippen MR) is 281 cm³/mol. The molecule has 0 bridgehead atoms. The minimum atomic E-state index is -1.43. The monoisotopic (exact) mass is 1100 g/mol. The average Bonchev–Trinajstić information content (AvgIpc) is 4.17. The van der Waals surface area contributed by atoms with Crippen molar-refractivity contribution in [1.82, 2.24) is 31.9 Å². The van der Waals surface area contributed by atoms with E-state index in [2.05, 4.69) is 66.5 Å². The molecule has 77 heavy (non-hydrogen) atoms. The van der Waals surface area contributed by atoms with E-state index in [1.54, 1.807) is 0 Å². The van der Waals surface area contributed by atoms with Crippen molar-refractivity contribution in [2.24, 2.45) is 16.2 Å². The third kappa shape index (κ3) is 22.1. The summed E-state index contributed by atoms with van der Waals surface area (Å²) in [5.74, 6) is -1.70. The van der Waals surface area contributed by atoms with Gasteiger partial charge in [0.25, 0.3) is 0 Å². The number of carbonyl (C=O) groups excluding carboxylic acids is 6. The molecule has 23 heteroatoms. The number of hydrogen-bond donors (Lipinski definition) is 12. The molecule has 4 fully saturated rings. The second-order valence-electron chi connectivity index (χ2n) is 23.8. The van der Waals surface area contributed by atoms with Gasteiger partial charge in [-0.3, -0.25) is 28.8 Å². The summed E-state index contributed by atoms with van der Waals surface area (Å²) >= 11 is 0. The molecule has 0 aromatic heterocycles. The first-order valence-electron chi connectivity index (χ1n) is 28.1. The number of unbranched alkanes of at least 4 members (excludes halogenated alkanes) is 7. The maximum atomic E-state index is 13.5. The number of aliphatic hydroxyl groups excluding tert-OH is 6. The topological polar surface area (TPSA) is 342 Å². The molecule has 2 saturated heterocycles. The Bertz CT molecular complexity index is 1870. The highest BCUT2D eigenvalue weighted by Gasteiger charge is 2.82. The SMILES string of the molecule is CC(=O)NC1C(OCCCCCC(=O)NCCCC[C@H](NC(=O)CCCCCOC2OC(CO)C(O)C(O)C2NC(C)=O)C(=O)NCCCCCC(=O)NCC(C)(C)CC(C)(C)COC23CC2(C)C3)OC(CO)C(O)C1O. The lowest BCUT2D eigenvalue weighted by molar-refractivity contribution is -0.270. The lowest BCUT2D eigenvalue weighted by Gasteiger charge is -2.42. The number of carbonyl (C=O) groups is 6. The normalized spacial score (nSPS) is 29.1. The number of fused-ring (bicyclic) bond motifs is 1. The number of nitrogens with one attached hydrogen (secondary N) is 6. The highest BCUT2D eigenvalue weighted by molar-refractivity contribution is 5.87. The van der Waals surface area contributed by atoms with Crippen molar-refractivity contribution in [3.05, 3.63) is 0 Å². The average molecular weight is 1100 g/mol. The molecule has 2 aliphatic carbocycles. The molecule has 0 radical (unpaired) electrons. The zero-order chi connectivity index (χ0) is 57.0. The van der Waals surface area contributed by atoms with Gasteiger partial charge in [0.15, 0.2) is 12.6 Å². The van der Waals surface area contributed by atoms with Crippen molar-refractivity contribution in [3.8, 4) is 0 Å². The first-order valence-corrected chi connectivity index (χ1v) is 28.1. The Kier molecular flexibility index (Phi) is 26.9. The van der Waals surface area contributed by atoms with E-state index in [0.29, 0.717) is 109 Å². The fraction of sp³-hybridized carbons (Fsp3) is 0.889. The fourth-order valence-electron chi connectivity index (χ4n) is 10.6. The van der Waals surface area contributed by atoms with E-state index < -0.39 is 92.4 Å². The van der Waals surface area contributed by atoms with Gasteiger partial charge in [-0.05, 0) is 87.9 Å². The van der Waals surface area contributed by atoms with Crippen LogP contribution in [0.4, 0.5) is 0 Å². The number of amides is 6. The largest absolute Gasteiger partial charge is 0.394 e.